The summed E-state index contributed by atoms with van der Waals surface area (Å²) in [5.41, 5.74) is 2.25. The fourth-order valence-corrected chi connectivity index (χ4v) is 2.41. The molecule has 0 unspecified atom stereocenters. The van der Waals surface area contributed by atoms with Crippen molar-refractivity contribution in [2.45, 2.75) is 0 Å². The van der Waals surface area contributed by atoms with Crippen molar-refractivity contribution in [3.05, 3.63) is 53.6 Å². The topological polar surface area (TPSA) is 49.7 Å². The van der Waals surface area contributed by atoms with Crippen LogP contribution in [0.1, 0.15) is 11.1 Å². The van der Waals surface area contributed by atoms with E-state index in [0.29, 0.717) is 23.0 Å². The molecule has 0 amide bonds. The van der Waals surface area contributed by atoms with Crippen LogP contribution in [-0.2, 0) is 0 Å². The first-order chi connectivity index (χ1) is 9.15. The van der Waals surface area contributed by atoms with E-state index < -0.39 is 0 Å². The molecule has 0 radical (unpaired) electrons. The van der Waals surface area contributed by atoms with Crippen LogP contribution >= 0.6 is 11.6 Å². The average Bonchev–Trinajstić information content (AvgIpc) is 2.40. The van der Waals surface area contributed by atoms with E-state index in [4.69, 9.17) is 16.3 Å². The molecule has 0 atom stereocenters. The quantitative estimate of drug-likeness (QED) is 0.835. The van der Waals surface area contributed by atoms with Gasteiger partial charge >= 0.3 is 0 Å². The highest BCUT2D eigenvalue weighted by Gasteiger charge is 2.20. The van der Waals surface area contributed by atoms with Crippen LogP contribution in [-0.4, -0.2) is 16.8 Å². The second-order valence-corrected chi connectivity index (χ2v) is 4.69. The van der Waals surface area contributed by atoms with E-state index in [0.717, 1.165) is 11.1 Å². The zero-order valence-electron chi connectivity index (χ0n) is 9.93. The van der Waals surface area contributed by atoms with Gasteiger partial charge in [0.15, 0.2) is 0 Å². The van der Waals surface area contributed by atoms with E-state index in [-0.39, 0.29) is 11.5 Å². The minimum absolute atomic E-state index is 0.137. The van der Waals surface area contributed by atoms with Crippen LogP contribution in [0, 0.1) is 0 Å². The molecule has 19 heavy (non-hydrogen) atoms. The molecule has 0 fully saturated rings. The molecule has 3 rings (SSSR count). The van der Waals surface area contributed by atoms with Gasteiger partial charge in [-0.25, -0.2) is 0 Å². The summed E-state index contributed by atoms with van der Waals surface area (Å²) in [4.78, 5) is 0. The SMILES string of the molecule is Oc1cccc(C2=C(Cl)c3cc(O)ccc3OC2)c1. The van der Waals surface area contributed by atoms with Crippen LogP contribution in [0.4, 0.5) is 0 Å². The van der Waals surface area contributed by atoms with Gasteiger partial charge in [0.25, 0.3) is 0 Å². The molecule has 1 aliphatic heterocycles. The van der Waals surface area contributed by atoms with E-state index >= 15 is 0 Å². The van der Waals surface area contributed by atoms with E-state index in [1.165, 1.54) is 0 Å². The third kappa shape index (κ3) is 2.13. The lowest BCUT2D eigenvalue weighted by molar-refractivity contribution is 0.364. The molecule has 4 heteroatoms. The van der Waals surface area contributed by atoms with Crippen molar-refractivity contribution in [2.75, 3.05) is 6.61 Å². The average molecular weight is 275 g/mol. The Hall–Kier alpha value is -2.13. The highest BCUT2D eigenvalue weighted by atomic mass is 35.5. The highest BCUT2D eigenvalue weighted by molar-refractivity contribution is 6.53. The summed E-state index contributed by atoms with van der Waals surface area (Å²) in [7, 11) is 0. The lowest BCUT2D eigenvalue weighted by Crippen LogP contribution is -2.08. The summed E-state index contributed by atoms with van der Waals surface area (Å²) < 4.78 is 5.62. The molecule has 2 N–H and O–H groups in total. The first kappa shape index (κ1) is 11.9. The van der Waals surface area contributed by atoms with Crippen LogP contribution in [0.5, 0.6) is 17.2 Å². The summed E-state index contributed by atoms with van der Waals surface area (Å²) in [5, 5.41) is 19.6. The van der Waals surface area contributed by atoms with E-state index in [9.17, 15) is 10.2 Å². The number of benzene rings is 2. The summed E-state index contributed by atoms with van der Waals surface area (Å²) in [5.74, 6) is 0.959. The molecule has 3 nitrogen and oxygen atoms in total. The molecule has 0 aliphatic carbocycles. The fraction of sp³-hybridized carbons (Fsp3) is 0.0667. The van der Waals surface area contributed by atoms with Gasteiger partial charge < -0.3 is 14.9 Å². The van der Waals surface area contributed by atoms with Crippen molar-refractivity contribution >= 4 is 22.2 Å². The lowest BCUT2D eigenvalue weighted by atomic mass is 10.0. The molecule has 1 aliphatic rings. The van der Waals surface area contributed by atoms with Crippen LogP contribution in [0.25, 0.3) is 10.6 Å². The van der Waals surface area contributed by atoms with Gasteiger partial charge in [0.05, 0.1) is 5.03 Å². The molecule has 0 bridgehead atoms. The fourth-order valence-electron chi connectivity index (χ4n) is 2.09. The molecule has 1 heterocycles. The molecular formula is C15H11ClO3. The highest BCUT2D eigenvalue weighted by Crippen LogP contribution is 2.41. The number of ether oxygens (including phenoxy) is 1. The minimum atomic E-state index is 0.137. The van der Waals surface area contributed by atoms with Gasteiger partial charge in [0, 0.05) is 11.1 Å². The Morgan fingerprint density at radius 1 is 1.00 bits per heavy atom. The van der Waals surface area contributed by atoms with Gasteiger partial charge in [-0.3, -0.25) is 0 Å². The predicted molar refractivity (Wildman–Crippen MR) is 74.4 cm³/mol. The van der Waals surface area contributed by atoms with Crippen LogP contribution in [0.15, 0.2) is 42.5 Å². The predicted octanol–water partition coefficient (Wildman–Crippen LogP) is 3.60. The molecule has 0 saturated carbocycles. The summed E-state index contributed by atoms with van der Waals surface area (Å²) >= 11 is 6.38. The maximum absolute atomic E-state index is 9.53. The van der Waals surface area contributed by atoms with E-state index in [1.54, 1.807) is 36.4 Å². The summed E-state index contributed by atoms with van der Waals surface area (Å²) in [6.45, 7) is 0.333. The van der Waals surface area contributed by atoms with Crippen molar-refractivity contribution in [3.63, 3.8) is 0 Å². The monoisotopic (exact) mass is 274 g/mol. The van der Waals surface area contributed by atoms with Crippen LogP contribution in [0.3, 0.4) is 0 Å². The largest absolute Gasteiger partial charge is 0.508 e. The third-order valence-corrected chi connectivity index (χ3v) is 3.46. The number of aromatic hydroxyl groups is 2. The second-order valence-electron chi connectivity index (χ2n) is 4.31. The number of phenols is 2. The first-order valence-corrected chi connectivity index (χ1v) is 6.17. The maximum Gasteiger partial charge on any atom is 0.128 e. The molecule has 2 aromatic carbocycles. The number of hydrogen-bond donors (Lipinski definition) is 2. The Morgan fingerprint density at radius 2 is 1.79 bits per heavy atom. The second kappa shape index (κ2) is 4.52. The van der Waals surface area contributed by atoms with Crippen molar-refractivity contribution < 1.29 is 14.9 Å². The first-order valence-electron chi connectivity index (χ1n) is 5.79. The Balaban J connectivity index is 2.15. The molecule has 96 valence electrons. The zero-order valence-corrected chi connectivity index (χ0v) is 10.7. The Morgan fingerprint density at radius 3 is 2.58 bits per heavy atom. The van der Waals surface area contributed by atoms with Crippen molar-refractivity contribution in [2.24, 2.45) is 0 Å². The van der Waals surface area contributed by atoms with Gasteiger partial charge in [0.1, 0.15) is 23.9 Å². The number of hydrogen-bond acceptors (Lipinski definition) is 3. The lowest BCUT2D eigenvalue weighted by Gasteiger charge is -2.21. The van der Waals surface area contributed by atoms with Crippen molar-refractivity contribution in [3.8, 4) is 17.2 Å². The standard InChI is InChI=1S/C15H11ClO3/c16-15-12-7-11(18)4-5-14(12)19-8-13(15)9-2-1-3-10(17)6-9/h1-7,17-18H,8H2. The Bertz CT molecular complexity index is 677. The smallest absolute Gasteiger partial charge is 0.128 e. The van der Waals surface area contributed by atoms with Gasteiger partial charge in [-0.2, -0.15) is 0 Å². The third-order valence-electron chi connectivity index (χ3n) is 3.03. The number of phenolic OH excluding ortho intramolecular Hbond substituents is 2. The molecule has 0 spiro atoms. The summed E-state index contributed by atoms with van der Waals surface area (Å²) in [6, 6.07) is 11.7. The van der Waals surface area contributed by atoms with Crippen LogP contribution in [0.2, 0.25) is 0 Å². The molecule has 2 aromatic rings. The van der Waals surface area contributed by atoms with Crippen molar-refractivity contribution in [1.29, 1.82) is 0 Å². The van der Waals surface area contributed by atoms with Crippen LogP contribution < -0.4 is 4.74 Å². The number of halogens is 1. The normalized spacial score (nSPS) is 13.9. The van der Waals surface area contributed by atoms with Crippen molar-refractivity contribution in [1.82, 2.24) is 0 Å². The Kier molecular flexibility index (Phi) is 2.84. The number of rotatable bonds is 1. The van der Waals surface area contributed by atoms with E-state index in [2.05, 4.69) is 0 Å². The minimum Gasteiger partial charge on any atom is -0.508 e. The molecule has 0 saturated heterocycles. The molecular weight excluding hydrogens is 264 g/mol. The summed E-state index contributed by atoms with van der Waals surface area (Å²) in [6.07, 6.45) is 0. The zero-order chi connectivity index (χ0) is 13.4. The van der Waals surface area contributed by atoms with E-state index in [1.807, 2.05) is 6.07 Å². The van der Waals surface area contributed by atoms with Gasteiger partial charge in [0.2, 0.25) is 0 Å². The molecule has 0 aromatic heterocycles. The number of fused-ring (bicyclic) bond motifs is 1. The Labute approximate surface area is 115 Å². The van der Waals surface area contributed by atoms with Gasteiger partial charge in [-0.15, -0.1) is 0 Å². The van der Waals surface area contributed by atoms with Gasteiger partial charge in [-0.05, 0) is 35.9 Å². The van der Waals surface area contributed by atoms with Gasteiger partial charge in [-0.1, -0.05) is 23.7 Å². The maximum atomic E-state index is 9.53.